The molecule has 0 unspecified atom stereocenters. The van der Waals surface area contributed by atoms with Crippen LogP contribution < -0.4 is 15.4 Å². The summed E-state index contributed by atoms with van der Waals surface area (Å²) in [5.74, 6) is 0.759. The van der Waals surface area contributed by atoms with Crippen LogP contribution in [-0.4, -0.2) is 46.8 Å². The summed E-state index contributed by atoms with van der Waals surface area (Å²) < 4.78 is 7.04. The average molecular weight is 498 g/mol. The van der Waals surface area contributed by atoms with Gasteiger partial charge in [-0.05, 0) is 30.7 Å². The zero-order chi connectivity index (χ0) is 26.0. The second-order valence-corrected chi connectivity index (χ2v) is 8.48. The molecule has 0 saturated carbocycles. The lowest BCUT2D eigenvalue weighted by Crippen LogP contribution is -2.41. The molecule has 0 saturated heterocycles. The van der Waals surface area contributed by atoms with Gasteiger partial charge >= 0.3 is 6.03 Å². The lowest BCUT2D eigenvalue weighted by Gasteiger charge is -2.23. The zero-order valence-electron chi connectivity index (χ0n) is 21.1. The first-order chi connectivity index (χ1) is 18.1. The van der Waals surface area contributed by atoms with E-state index in [4.69, 9.17) is 9.84 Å². The molecule has 2 N–H and O–H groups in total. The minimum atomic E-state index is -0.366. The molecule has 4 aromatic rings. The van der Waals surface area contributed by atoms with Gasteiger partial charge < -0.3 is 20.3 Å². The Labute approximate surface area is 216 Å². The molecule has 0 radical (unpaired) electrons. The number of benzene rings is 3. The average Bonchev–Trinajstić information content (AvgIpc) is 3.35. The molecule has 4 rings (SSSR count). The maximum absolute atomic E-state index is 13.2. The van der Waals surface area contributed by atoms with Gasteiger partial charge in [-0.25, -0.2) is 9.48 Å². The van der Waals surface area contributed by atoms with Gasteiger partial charge in [0, 0.05) is 18.2 Å². The van der Waals surface area contributed by atoms with Gasteiger partial charge in [-0.3, -0.25) is 4.79 Å². The number of ether oxygens (including phenoxy) is 1. The Morgan fingerprint density at radius 2 is 1.59 bits per heavy atom. The lowest BCUT2D eigenvalue weighted by atomic mass is 10.1. The van der Waals surface area contributed by atoms with E-state index in [9.17, 15) is 9.59 Å². The molecule has 0 atom stereocenters. The van der Waals surface area contributed by atoms with Crippen LogP contribution in [0.4, 0.5) is 16.3 Å². The quantitative estimate of drug-likeness (QED) is 0.289. The van der Waals surface area contributed by atoms with Crippen molar-refractivity contribution >= 4 is 23.4 Å². The third-order valence-corrected chi connectivity index (χ3v) is 5.80. The zero-order valence-corrected chi connectivity index (χ0v) is 21.1. The summed E-state index contributed by atoms with van der Waals surface area (Å²) in [6.07, 6.45) is 1.66. The summed E-state index contributed by atoms with van der Waals surface area (Å²) in [5, 5.41) is 10.6. The van der Waals surface area contributed by atoms with E-state index >= 15 is 0 Å². The smallest absolute Gasteiger partial charge is 0.322 e. The van der Waals surface area contributed by atoms with Gasteiger partial charge in [0.1, 0.15) is 18.1 Å². The highest BCUT2D eigenvalue weighted by atomic mass is 16.5. The predicted molar refractivity (Wildman–Crippen MR) is 146 cm³/mol. The van der Waals surface area contributed by atoms with Crippen LogP contribution in [-0.2, 0) is 4.79 Å². The monoisotopic (exact) mass is 497 g/mol. The predicted octanol–water partition coefficient (Wildman–Crippen LogP) is 5.82. The van der Waals surface area contributed by atoms with Gasteiger partial charge in [0.05, 0.1) is 24.2 Å². The number of aromatic nitrogens is 2. The van der Waals surface area contributed by atoms with Gasteiger partial charge in [0.15, 0.2) is 0 Å². The van der Waals surface area contributed by atoms with Gasteiger partial charge in [0.2, 0.25) is 5.91 Å². The van der Waals surface area contributed by atoms with Crippen LogP contribution in [0.15, 0.2) is 91.0 Å². The fourth-order valence-electron chi connectivity index (χ4n) is 3.89. The van der Waals surface area contributed by atoms with Crippen LogP contribution in [0.1, 0.15) is 19.8 Å². The number of nitrogens with one attached hydrogen (secondary N) is 2. The molecule has 0 bridgehead atoms. The van der Waals surface area contributed by atoms with Crippen LogP contribution in [0, 0.1) is 0 Å². The molecule has 1 aromatic heterocycles. The number of carbonyl (C=O) groups excluding carboxylic acids is 2. The van der Waals surface area contributed by atoms with E-state index in [0.717, 1.165) is 29.8 Å². The van der Waals surface area contributed by atoms with Gasteiger partial charge in [-0.1, -0.05) is 74.0 Å². The van der Waals surface area contributed by atoms with Crippen molar-refractivity contribution in [1.29, 1.82) is 0 Å². The van der Waals surface area contributed by atoms with Gasteiger partial charge in [0.25, 0.3) is 0 Å². The normalized spacial score (nSPS) is 10.5. The third-order valence-electron chi connectivity index (χ3n) is 5.80. The van der Waals surface area contributed by atoms with Crippen molar-refractivity contribution in [2.45, 2.75) is 19.8 Å². The number of para-hydroxylation sites is 3. The highest BCUT2D eigenvalue weighted by Gasteiger charge is 2.20. The topological polar surface area (TPSA) is 88.5 Å². The molecule has 0 aliphatic heterocycles. The number of nitrogens with zero attached hydrogens (tertiary/aromatic N) is 3. The molecular formula is C29H31N5O3. The first-order valence-electron chi connectivity index (χ1n) is 12.3. The second kappa shape index (κ2) is 12.4. The molecule has 0 aliphatic rings. The fraction of sp³-hybridized carbons (Fsp3) is 0.207. The molecule has 0 fully saturated rings. The molecule has 190 valence electrons. The maximum atomic E-state index is 13.2. The number of rotatable bonds is 10. The number of urea groups is 1. The number of anilines is 2. The SMILES string of the molecule is CCCCN(CC(=O)Nc1cc(-c2ccccc2)nn1-c1ccccc1)C(=O)Nc1ccccc1OC. The van der Waals surface area contributed by atoms with Crippen LogP contribution in [0.25, 0.3) is 16.9 Å². The molecule has 3 amide bonds. The summed E-state index contributed by atoms with van der Waals surface area (Å²) in [7, 11) is 1.55. The molecule has 8 heteroatoms. The van der Waals surface area contributed by atoms with Crippen molar-refractivity contribution in [3.63, 3.8) is 0 Å². The Balaban J connectivity index is 1.54. The highest BCUT2D eigenvalue weighted by molar-refractivity contribution is 5.97. The molecule has 3 aromatic carbocycles. The van der Waals surface area contributed by atoms with Crippen molar-refractivity contribution in [2.24, 2.45) is 0 Å². The molecule has 8 nitrogen and oxygen atoms in total. The van der Waals surface area contributed by atoms with Crippen LogP contribution in [0.5, 0.6) is 5.75 Å². The Bertz CT molecular complexity index is 1320. The fourth-order valence-corrected chi connectivity index (χ4v) is 3.89. The first kappa shape index (κ1) is 25.5. The molecule has 37 heavy (non-hydrogen) atoms. The standard InChI is InChI=1S/C29H31N5O3/c1-3-4-19-33(29(36)30-24-17-11-12-18-26(24)37-2)21-28(35)31-27-20-25(22-13-7-5-8-14-22)32-34(27)23-15-9-6-10-16-23/h5-18,20H,3-4,19,21H2,1-2H3,(H,30,36)(H,31,35). The molecular weight excluding hydrogens is 466 g/mol. The van der Waals surface area contributed by atoms with E-state index in [2.05, 4.69) is 10.6 Å². The molecule has 0 aliphatic carbocycles. The largest absolute Gasteiger partial charge is 0.495 e. The van der Waals surface area contributed by atoms with E-state index in [1.807, 2.05) is 85.8 Å². The van der Waals surface area contributed by atoms with E-state index in [0.29, 0.717) is 23.8 Å². The van der Waals surface area contributed by atoms with E-state index in [1.165, 1.54) is 4.90 Å². The van der Waals surface area contributed by atoms with E-state index in [-0.39, 0.29) is 18.5 Å². The second-order valence-electron chi connectivity index (χ2n) is 8.48. The van der Waals surface area contributed by atoms with Crippen molar-refractivity contribution in [3.05, 3.63) is 91.0 Å². The van der Waals surface area contributed by atoms with E-state index in [1.54, 1.807) is 23.9 Å². The highest BCUT2D eigenvalue weighted by Crippen LogP contribution is 2.25. The minimum absolute atomic E-state index is 0.110. The van der Waals surface area contributed by atoms with Crippen LogP contribution in [0.2, 0.25) is 0 Å². The summed E-state index contributed by atoms with van der Waals surface area (Å²) in [6.45, 7) is 2.37. The Morgan fingerprint density at radius 3 is 2.30 bits per heavy atom. The third kappa shape index (κ3) is 6.55. The summed E-state index contributed by atoms with van der Waals surface area (Å²) in [4.78, 5) is 27.8. The Kier molecular flexibility index (Phi) is 8.54. The number of methoxy groups -OCH3 is 1. The molecule has 0 spiro atoms. The van der Waals surface area contributed by atoms with Crippen molar-refractivity contribution in [1.82, 2.24) is 14.7 Å². The number of amides is 3. The van der Waals surface area contributed by atoms with Crippen molar-refractivity contribution in [2.75, 3.05) is 30.8 Å². The Hall–Kier alpha value is -4.59. The van der Waals surface area contributed by atoms with Gasteiger partial charge in [-0.15, -0.1) is 0 Å². The minimum Gasteiger partial charge on any atom is -0.495 e. The number of hydrogen-bond acceptors (Lipinski definition) is 4. The molecule has 1 heterocycles. The summed E-state index contributed by atoms with van der Waals surface area (Å²) in [5.41, 5.74) is 3.04. The number of carbonyl (C=O) groups is 2. The van der Waals surface area contributed by atoms with Crippen molar-refractivity contribution < 1.29 is 14.3 Å². The lowest BCUT2D eigenvalue weighted by molar-refractivity contribution is -0.116. The van der Waals surface area contributed by atoms with Crippen molar-refractivity contribution in [3.8, 4) is 22.7 Å². The summed E-state index contributed by atoms with van der Waals surface area (Å²) >= 11 is 0. The summed E-state index contributed by atoms with van der Waals surface area (Å²) in [6, 6.07) is 28.0. The number of hydrogen-bond donors (Lipinski definition) is 2. The Morgan fingerprint density at radius 1 is 0.919 bits per heavy atom. The first-order valence-corrected chi connectivity index (χ1v) is 12.3. The maximum Gasteiger partial charge on any atom is 0.322 e. The number of unbranched alkanes of at least 4 members (excludes halogenated alkanes) is 1. The van der Waals surface area contributed by atoms with E-state index < -0.39 is 0 Å². The van der Waals surface area contributed by atoms with Crippen LogP contribution in [0.3, 0.4) is 0 Å². The van der Waals surface area contributed by atoms with Gasteiger partial charge in [-0.2, -0.15) is 5.10 Å². The van der Waals surface area contributed by atoms with Crippen LogP contribution >= 0.6 is 0 Å².